The van der Waals surface area contributed by atoms with Gasteiger partial charge in [0.05, 0.1) is 25.3 Å². The Balaban J connectivity index is 2.49. The van der Waals surface area contributed by atoms with E-state index in [0.29, 0.717) is 0 Å². The summed E-state index contributed by atoms with van der Waals surface area (Å²) in [5.41, 5.74) is 0.267. The molecule has 0 saturated carbocycles. The number of nitrogens with one attached hydrogen (secondary N) is 1. The molecule has 0 spiro atoms. The van der Waals surface area contributed by atoms with E-state index in [1.165, 1.54) is 13.2 Å². The van der Waals surface area contributed by atoms with Gasteiger partial charge >= 0.3 is 5.97 Å². The van der Waals surface area contributed by atoms with Crippen LogP contribution >= 0.6 is 15.9 Å². The van der Waals surface area contributed by atoms with Crippen molar-refractivity contribution in [2.45, 2.75) is 12.5 Å². The lowest BCUT2D eigenvalue weighted by molar-refractivity contribution is -0.142. The first-order valence-corrected chi connectivity index (χ1v) is 5.76. The van der Waals surface area contributed by atoms with Gasteiger partial charge < -0.3 is 15.2 Å². The Kier molecular flexibility index (Phi) is 5.37. The van der Waals surface area contributed by atoms with Crippen molar-refractivity contribution in [1.82, 2.24) is 0 Å². The Hall–Kier alpha value is -1.14. The molecule has 6 heteroatoms. The molecule has 2 N–H and O–H groups in total. The van der Waals surface area contributed by atoms with Gasteiger partial charge in [-0.15, -0.1) is 0 Å². The van der Waals surface area contributed by atoms with Gasteiger partial charge in [0.25, 0.3) is 0 Å². The second-order valence-electron chi connectivity index (χ2n) is 3.44. The normalized spacial score (nSPS) is 12.0. The molecule has 1 atom stereocenters. The molecule has 0 radical (unpaired) electrons. The van der Waals surface area contributed by atoms with Crippen LogP contribution < -0.4 is 5.32 Å². The Labute approximate surface area is 107 Å². The van der Waals surface area contributed by atoms with E-state index in [-0.39, 0.29) is 18.7 Å². The summed E-state index contributed by atoms with van der Waals surface area (Å²) in [5.74, 6) is -0.924. The zero-order valence-corrected chi connectivity index (χ0v) is 10.8. The van der Waals surface area contributed by atoms with Crippen LogP contribution in [0.4, 0.5) is 10.1 Å². The van der Waals surface area contributed by atoms with Crippen molar-refractivity contribution in [1.29, 1.82) is 0 Å². The van der Waals surface area contributed by atoms with Gasteiger partial charge in [-0.3, -0.25) is 4.79 Å². The topological polar surface area (TPSA) is 58.6 Å². The molecular weight excluding hydrogens is 293 g/mol. The van der Waals surface area contributed by atoms with Gasteiger partial charge in [-0.1, -0.05) is 15.9 Å². The molecule has 0 aliphatic rings. The maximum atomic E-state index is 13.3. The first-order chi connectivity index (χ1) is 8.02. The molecule has 0 amide bonds. The van der Waals surface area contributed by atoms with E-state index >= 15 is 0 Å². The van der Waals surface area contributed by atoms with Crippen LogP contribution in [-0.2, 0) is 9.53 Å². The number of hydrogen-bond acceptors (Lipinski definition) is 4. The molecular formula is C11H13BrFNO3. The summed E-state index contributed by atoms with van der Waals surface area (Å²) in [4.78, 5) is 10.9. The molecule has 4 nitrogen and oxygen atoms in total. The number of ether oxygens (including phenoxy) is 1. The third-order valence-corrected chi connectivity index (χ3v) is 2.58. The van der Waals surface area contributed by atoms with Crippen molar-refractivity contribution in [3.63, 3.8) is 0 Å². The number of methoxy groups -OCH3 is 1. The van der Waals surface area contributed by atoms with Gasteiger partial charge in [-0.05, 0) is 18.2 Å². The Morgan fingerprint density at radius 2 is 2.35 bits per heavy atom. The zero-order valence-electron chi connectivity index (χ0n) is 9.24. The molecule has 1 unspecified atom stereocenters. The highest BCUT2D eigenvalue weighted by molar-refractivity contribution is 9.10. The van der Waals surface area contributed by atoms with Crippen LogP contribution in [0.25, 0.3) is 0 Å². The summed E-state index contributed by atoms with van der Waals surface area (Å²) in [5, 5.41) is 12.2. The van der Waals surface area contributed by atoms with E-state index in [0.717, 1.165) is 4.47 Å². The van der Waals surface area contributed by atoms with Gasteiger partial charge in [-0.2, -0.15) is 0 Å². The van der Waals surface area contributed by atoms with Crippen LogP contribution in [0.1, 0.15) is 6.42 Å². The fourth-order valence-electron chi connectivity index (χ4n) is 1.21. The minimum atomic E-state index is -0.916. The van der Waals surface area contributed by atoms with E-state index in [4.69, 9.17) is 0 Å². The Morgan fingerprint density at radius 1 is 1.65 bits per heavy atom. The molecule has 0 fully saturated rings. The summed E-state index contributed by atoms with van der Waals surface area (Å²) in [6.07, 6.45) is -1.04. The molecule has 0 aliphatic heterocycles. The van der Waals surface area contributed by atoms with E-state index in [1.807, 2.05) is 0 Å². The van der Waals surface area contributed by atoms with Gasteiger partial charge in [0.15, 0.2) is 0 Å². The molecule has 0 aromatic heterocycles. The molecule has 0 bridgehead atoms. The minimum absolute atomic E-state index is 0.0719. The SMILES string of the molecule is COC(=O)CC(O)CNc1cc(Br)ccc1F. The van der Waals surface area contributed by atoms with Crippen LogP contribution in [-0.4, -0.2) is 30.8 Å². The van der Waals surface area contributed by atoms with Crippen LogP contribution in [0, 0.1) is 5.82 Å². The van der Waals surface area contributed by atoms with Crippen molar-refractivity contribution in [2.75, 3.05) is 19.0 Å². The number of anilines is 1. The van der Waals surface area contributed by atoms with Gasteiger partial charge in [0, 0.05) is 11.0 Å². The highest BCUT2D eigenvalue weighted by Gasteiger charge is 2.11. The summed E-state index contributed by atoms with van der Waals surface area (Å²) >= 11 is 3.21. The first-order valence-electron chi connectivity index (χ1n) is 4.96. The Morgan fingerprint density at radius 3 is 3.00 bits per heavy atom. The molecule has 0 aliphatic carbocycles. The smallest absolute Gasteiger partial charge is 0.308 e. The summed E-state index contributed by atoms with van der Waals surface area (Å²) in [6, 6.07) is 4.44. The lowest BCUT2D eigenvalue weighted by atomic mass is 10.2. The second-order valence-corrected chi connectivity index (χ2v) is 4.35. The summed E-state index contributed by atoms with van der Waals surface area (Å²) < 4.78 is 18.4. The second kappa shape index (κ2) is 6.56. The van der Waals surface area contributed by atoms with E-state index in [2.05, 4.69) is 26.0 Å². The maximum Gasteiger partial charge on any atom is 0.308 e. The number of aliphatic hydroxyl groups is 1. The number of hydrogen-bond donors (Lipinski definition) is 2. The molecule has 1 aromatic carbocycles. The van der Waals surface area contributed by atoms with Crippen LogP contribution in [0.2, 0.25) is 0 Å². The molecule has 0 saturated heterocycles. The fourth-order valence-corrected chi connectivity index (χ4v) is 1.57. The number of carbonyl (C=O) groups is 1. The number of aliphatic hydroxyl groups excluding tert-OH is 1. The van der Waals surface area contributed by atoms with Crippen molar-refractivity contribution >= 4 is 27.6 Å². The monoisotopic (exact) mass is 305 g/mol. The van der Waals surface area contributed by atoms with Gasteiger partial charge in [-0.25, -0.2) is 4.39 Å². The fraction of sp³-hybridized carbons (Fsp3) is 0.364. The quantitative estimate of drug-likeness (QED) is 0.816. The number of carbonyl (C=O) groups excluding carboxylic acids is 1. The lowest BCUT2D eigenvalue weighted by Gasteiger charge is -2.12. The predicted molar refractivity (Wildman–Crippen MR) is 65.2 cm³/mol. The number of esters is 1. The molecule has 0 heterocycles. The minimum Gasteiger partial charge on any atom is -0.469 e. The molecule has 1 rings (SSSR count). The van der Waals surface area contributed by atoms with Crippen LogP contribution in [0.3, 0.4) is 0 Å². The summed E-state index contributed by atoms with van der Waals surface area (Å²) in [6.45, 7) is 0.0719. The Bertz CT molecular complexity index is 400. The van der Waals surface area contributed by atoms with Crippen LogP contribution in [0.15, 0.2) is 22.7 Å². The number of rotatable bonds is 5. The predicted octanol–water partition coefficient (Wildman–Crippen LogP) is 1.92. The molecule has 17 heavy (non-hydrogen) atoms. The average molecular weight is 306 g/mol. The lowest BCUT2D eigenvalue weighted by Crippen LogP contribution is -2.23. The average Bonchev–Trinajstić information content (AvgIpc) is 2.30. The highest BCUT2D eigenvalue weighted by Crippen LogP contribution is 2.19. The molecule has 1 aromatic rings. The van der Waals surface area contributed by atoms with Crippen molar-refractivity contribution in [3.8, 4) is 0 Å². The van der Waals surface area contributed by atoms with Crippen molar-refractivity contribution in [2.24, 2.45) is 0 Å². The molecule has 94 valence electrons. The number of benzene rings is 1. The standard InChI is InChI=1S/C11H13BrFNO3/c1-17-11(16)5-8(15)6-14-10-4-7(12)2-3-9(10)13/h2-4,8,14-15H,5-6H2,1H3. The third kappa shape index (κ3) is 4.70. The number of halogens is 2. The van der Waals surface area contributed by atoms with Crippen molar-refractivity contribution in [3.05, 3.63) is 28.5 Å². The van der Waals surface area contributed by atoms with Crippen molar-refractivity contribution < 1.29 is 19.0 Å². The summed E-state index contributed by atoms with van der Waals surface area (Å²) in [7, 11) is 1.25. The maximum absolute atomic E-state index is 13.3. The third-order valence-electron chi connectivity index (χ3n) is 2.09. The largest absolute Gasteiger partial charge is 0.469 e. The van der Waals surface area contributed by atoms with Crippen LogP contribution in [0.5, 0.6) is 0 Å². The van der Waals surface area contributed by atoms with E-state index < -0.39 is 17.9 Å². The van der Waals surface area contributed by atoms with E-state index in [9.17, 15) is 14.3 Å². The van der Waals surface area contributed by atoms with Gasteiger partial charge in [0.1, 0.15) is 5.82 Å². The zero-order chi connectivity index (χ0) is 12.8. The van der Waals surface area contributed by atoms with E-state index in [1.54, 1.807) is 12.1 Å². The highest BCUT2D eigenvalue weighted by atomic mass is 79.9. The van der Waals surface area contributed by atoms with Gasteiger partial charge in [0.2, 0.25) is 0 Å². The first kappa shape index (κ1) is 13.9.